The maximum atomic E-state index is 4.95. The van der Waals surface area contributed by atoms with Crippen molar-refractivity contribution in [3.05, 3.63) is 84.3 Å². The lowest BCUT2D eigenvalue weighted by molar-refractivity contribution is 0.164. The van der Waals surface area contributed by atoms with E-state index in [0.717, 1.165) is 33.6 Å². The Morgan fingerprint density at radius 3 is 2.62 bits per heavy atom. The molecule has 2 aromatic carbocycles. The van der Waals surface area contributed by atoms with E-state index in [-0.39, 0.29) is 0 Å². The van der Waals surface area contributed by atoms with Crippen LogP contribution < -0.4 is 5.32 Å². The van der Waals surface area contributed by atoms with Crippen molar-refractivity contribution in [2.75, 3.05) is 0 Å². The summed E-state index contributed by atoms with van der Waals surface area (Å²) in [5, 5.41) is 4.95. The van der Waals surface area contributed by atoms with Gasteiger partial charge in [0, 0.05) is 28.9 Å². The first-order valence-corrected chi connectivity index (χ1v) is 10.3. The van der Waals surface area contributed by atoms with Crippen LogP contribution in [0.2, 0.25) is 0 Å². The lowest BCUT2D eigenvalue weighted by Crippen LogP contribution is -2.44. The van der Waals surface area contributed by atoms with E-state index in [1.165, 1.54) is 24.8 Å². The molecule has 1 unspecified atom stereocenters. The van der Waals surface area contributed by atoms with E-state index in [1.54, 1.807) is 0 Å². The number of aromatic nitrogens is 1. The van der Waals surface area contributed by atoms with Gasteiger partial charge in [0.25, 0.3) is 0 Å². The fraction of sp³-hybridized carbons (Fsp3) is 0.200. The number of hydrogen-bond donors (Lipinski definition) is 1. The van der Waals surface area contributed by atoms with Crippen molar-refractivity contribution in [2.45, 2.75) is 25.4 Å². The fourth-order valence-electron chi connectivity index (χ4n) is 4.47. The summed E-state index contributed by atoms with van der Waals surface area (Å²) < 4.78 is 0. The zero-order chi connectivity index (χ0) is 19.2. The van der Waals surface area contributed by atoms with Gasteiger partial charge >= 0.3 is 0 Å². The normalized spacial score (nSPS) is 20.7. The fourth-order valence-corrected chi connectivity index (χ4v) is 4.47. The zero-order valence-electron chi connectivity index (χ0n) is 16.1. The molecule has 4 heteroatoms. The third-order valence-electron chi connectivity index (χ3n) is 6.28. The van der Waals surface area contributed by atoms with Gasteiger partial charge in [-0.05, 0) is 30.9 Å². The molecule has 1 aromatic heterocycles. The maximum Gasteiger partial charge on any atom is 0.106 e. The minimum absolute atomic E-state index is 0.330. The standard InChI is InChI=1S/C25H22N4/c1-2-5-17(6-3-1)21-12-11-18-9-10-20(15-22(18)27-21)24-23-16-26-13-14-29(23)25(28-24)19-7-4-8-19/h1-3,5-6,9-16,19,25,28H,4,7-8H2. The molecule has 0 saturated heterocycles. The van der Waals surface area contributed by atoms with E-state index in [9.17, 15) is 0 Å². The number of hydrogen-bond acceptors (Lipinski definition) is 4. The highest BCUT2D eigenvalue weighted by atomic mass is 15.3. The second-order valence-corrected chi connectivity index (χ2v) is 7.99. The topological polar surface area (TPSA) is 40.5 Å². The van der Waals surface area contributed by atoms with Crippen LogP contribution in [0.15, 0.2) is 83.8 Å². The first-order valence-electron chi connectivity index (χ1n) is 10.3. The van der Waals surface area contributed by atoms with Gasteiger partial charge in [-0.15, -0.1) is 0 Å². The average molecular weight is 378 g/mol. The molecule has 3 aromatic rings. The van der Waals surface area contributed by atoms with E-state index in [0.29, 0.717) is 12.1 Å². The van der Waals surface area contributed by atoms with E-state index < -0.39 is 0 Å². The summed E-state index contributed by atoms with van der Waals surface area (Å²) >= 11 is 0. The summed E-state index contributed by atoms with van der Waals surface area (Å²) in [5.74, 6) is 0.696. The number of rotatable bonds is 3. The Kier molecular flexibility index (Phi) is 3.76. The van der Waals surface area contributed by atoms with Crippen LogP contribution in [0.25, 0.3) is 27.9 Å². The molecule has 0 spiro atoms. The first-order chi connectivity index (χ1) is 14.4. The van der Waals surface area contributed by atoms with Crippen LogP contribution in [0.5, 0.6) is 0 Å². The van der Waals surface area contributed by atoms with Crippen LogP contribution in [0.3, 0.4) is 0 Å². The number of fused-ring (bicyclic) bond motifs is 2. The summed E-state index contributed by atoms with van der Waals surface area (Å²) in [6.07, 6.45) is 10.2. The van der Waals surface area contributed by atoms with Gasteiger partial charge in [-0.1, -0.05) is 55.0 Å². The summed E-state index contributed by atoms with van der Waals surface area (Å²) in [5.41, 5.74) is 6.64. The SMILES string of the molecule is C1=CN2C(=C(c3ccc4ccc(-c5ccccc5)nc4c3)NC2C2CCC2)C=N1. The van der Waals surface area contributed by atoms with Crippen LogP contribution in [0.1, 0.15) is 24.8 Å². The summed E-state index contributed by atoms with van der Waals surface area (Å²) in [6.45, 7) is 0. The number of benzene rings is 2. The van der Waals surface area contributed by atoms with Crippen LogP contribution in [0.4, 0.5) is 0 Å². The molecule has 6 rings (SSSR count). The molecular weight excluding hydrogens is 356 g/mol. The highest BCUT2D eigenvalue weighted by Crippen LogP contribution is 2.39. The third-order valence-corrected chi connectivity index (χ3v) is 6.28. The summed E-state index contributed by atoms with van der Waals surface area (Å²) in [6, 6.07) is 21.2. The maximum absolute atomic E-state index is 4.95. The van der Waals surface area contributed by atoms with Gasteiger partial charge in [0.15, 0.2) is 0 Å². The van der Waals surface area contributed by atoms with Gasteiger partial charge in [-0.3, -0.25) is 4.99 Å². The highest BCUT2D eigenvalue weighted by molar-refractivity contribution is 5.94. The largest absolute Gasteiger partial charge is 0.362 e. The van der Waals surface area contributed by atoms with Crippen molar-refractivity contribution in [2.24, 2.45) is 10.9 Å². The lowest BCUT2D eigenvalue weighted by Gasteiger charge is -2.37. The molecule has 142 valence electrons. The Bertz CT molecular complexity index is 1170. The first kappa shape index (κ1) is 16.5. The average Bonchev–Trinajstić information content (AvgIpc) is 3.12. The molecule has 0 radical (unpaired) electrons. The molecule has 3 heterocycles. The number of nitrogens with one attached hydrogen (secondary N) is 1. The molecule has 0 bridgehead atoms. The molecule has 1 aliphatic carbocycles. The summed E-state index contributed by atoms with van der Waals surface area (Å²) in [4.78, 5) is 11.7. The van der Waals surface area contributed by atoms with E-state index in [4.69, 9.17) is 4.98 Å². The van der Waals surface area contributed by atoms with Crippen molar-refractivity contribution in [1.82, 2.24) is 15.2 Å². The van der Waals surface area contributed by atoms with E-state index >= 15 is 0 Å². The number of aliphatic imine (C=N–C) groups is 1. The zero-order valence-corrected chi connectivity index (χ0v) is 16.1. The minimum atomic E-state index is 0.330. The predicted molar refractivity (Wildman–Crippen MR) is 118 cm³/mol. The molecular formula is C25H22N4. The molecule has 1 fully saturated rings. The van der Waals surface area contributed by atoms with Gasteiger partial charge in [-0.25, -0.2) is 4.98 Å². The molecule has 29 heavy (non-hydrogen) atoms. The Hall–Kier alpha value is -3.40. The smallest absolute Gasteiger partial charge is 0.106 e. The molecule has 0 amide bonds. The second-order valence-electron chi connectivity index (χ2n) is 7.99. The highest BCUT2D eigenvalue weighted by Gasteiger charge is 2.38. The van der Waals surface area contributed by atoms with Crippen molar-refractivity contribution >= 4 is 22.8 Å². The second kappa shape index (κ2) is 6.59. The molecule has 1 N–H and O–H groups in total. The van der Waals surface area contributed by atoms with Crippen LogP contribution in [0, 0.1) is 5.92 Å². The Morgan fingerprint density at radius 2 is 1.79 bits per heavy atom. The van der Waals surface area contributed by atoms with Crippen molar-refractivity contribution in [1.29, 1.82) is 0 Å². The number of pyridine rings is 1. The van der Waals surface area contributed by atoms with Crippen LogP contribution in [-0.4, -0.2) is 22.3 Å². The van der Waals surface area contributed by atoms with Gasteiger partial charge < -0.3 is 10.2 Å². The Labute approximate surface area is 170 Å². The lowest BCUT2D eigenvalue weighted by atomic mass is 9.82. The van der Waals surface area contributed by atoms with Crippen LogP contribution >= 0.6 is 0 Å². The summed E-state index contributed by atoms with van der Waals surface area (Å²) in [7, 11) is 0. The Balaban J connectivity index is 1.42. The minimum Gasteiger partial charge on any atom is -0.362 e. The third kappa shape index (κ3) is 2.75. The van der Waals surface area contributed by atoms with Gasteiger partial charge in [-0.2, -0.15) is 0 Å². The van der Waals surface area contributed by atoms with Gasteiger partial charge in [0.1, 0.15) is 6.17 Å². The molecule has 1 saturated carbocycles. The van der Waals surface area contributed by atoms with E-state index in [2.05, 4.69) is 76.0 Å². The molecule has 1 atom stereocenters. The quantitative estimate of drug-likeness (QED) is 0.685. The number of allylic oxidation sites excluding steroid dienone is 1. The molecule has 4 nitrogen and oxygen atoms in total. The van der Waals surface area contributed by atoms with Crippen LogP contribution in [-0.2, 0) is 0 Å². The predicted octanol–water partition coefficient (Wildman–Crippen LogP) is 5.16. The van der Waals surface area contributed by atoms with Gasteiger partial charge in [0.2, 0.25) is 0 Å². The Morgan fingerprint density at radius 1 is 0.931 bits per heavy atom. The van der Waals surface area contributed by atoms with E-state index in [1.807, 2.05) is 18.5 Å². The van der Waals surface area contributed by atoms with Crippen molar-refractivity contribution in [3.63, 3.8) is 0 Å². The molecule has 2 aliphatic heterocycles. The number of nitrogens with zero attached hydrogens (tertiary/aromatic N) is 3. The molecule has 3 aliphatic rings. The van der Waals surface area contributed by atoms with Gasteiger partial charge in [0.05, 0.1) is 28.8 Å². The van der Waals surface area contributed by atoms with Crippen molar-refractivity contribution in [3.8, 4) is 11.3 Å². The van der Waals surface area contributed by atoms with Crippen molar-refractivity contribution < 1.29 is 0 Å². The monoisotopic (exact) mass is 378 g/mol.